The van der Waals surface area contributed by atoms with Crippen LogP contribution in [0.25, 0.3) is 15.9 Å². The van der Waals surface area contributed by atoms with Gasteiger partial charge in [-0.05, 0) is 49.1 Å². The Kier molecular flexibility index (Phi) is 7.55. The van der Waals surface area contributed by atoms with Crippen molar-refractivity contribution in [2.24, 2.45) is 7.05 Å². The van der Waals surface area contributed by atoms with Crippen molar-refractivity contribution in [3.8, 4) is 0 Å². The van der Waals surface area contributed by atoms with Crippen molar-refractivity contribution in [3.63, 3.8) is 0 Å². The average molecular weight is 513 g/mol. The Hall–Kier alpha value is -3.45. The summed E-state index contributed by atoms with van der Waals surface area (Å²) in [6.45, 7) is 14.8. The maximum atomic E-state index is 13.1. The molecule has 3 heterocycles. The summed E-state index contributed by atoms with van der Waals surface area (Å²) >= 11 is 0. The Morgan fingerprint density at radius 3 is 2.27 bits per heavy atom. The number of hydrogen-bond acceptors (Lipinski definition) is 5. The highest BCUT2D eigenvalue weighted by Gasteiger charge is 2.38. The third-order valence-corrected chi connectivity index (χ3v) is 7.40. The lowest BCUT2D eigenvalue weighted by Gasteiger charge is -2.49. The molecule has 1 aromatic carbocycles. The summed E-state index contributed by atoms with van der Waals surface area (Å²) in [5.74, 6) is 0.720. The third kappa shape index (κ3) is 5.05. The summed E-state index contributed by atoms with van der Waals surface area (Å²) in [7, 11) is 1.64. The van der Waals surface area contributed by atoms with Crippen LogP contribution < -0.4 is 10.6 Å². The normalized spacial score (nSPS) is 19.7. The van der Waals surface area contributed by atoms with Gasteiger partial charge in [0, 0.05) is 38.3 Å². The van der Waals surface area contributed by atoms with Crippen molar-refractivity contribution < 1.29 is 13.2 Å². The highest BCUT2D eigenvalue weighted by Crippen LogP contribution is 2.36. The number of aromatic nitrogens is 3. The Bertz CT molecular complexity index is 1360. The first-order chi connectivity index (χ1) is 17.6. The molecule has 37 heavy (non-hydrogen) atoms. The minimum absolute atomic E-state index is 0.00695. The van der Waals surface area contributed by atoms with Crippen LogP contribution >= 0.6 is 0 Å². The molecule has 7 nitrogen and oxygen atoms in total. The van der Waals surface area contributed by atoms with E-state index in [2.05, 4.69) is 38.5 Å². The van der Waals surface area contributed by atoms with Crippen molar-refractivity contribution in [1.29, 1.82) is 0 Å². The fourth-order valence-corrected chi connectivity index (χ4v) is 5.34. The lowest BCUT2D eigenvalue weighted by atomic mass is 9.94. The first-order valence-corrected chi connectivity index (χ1v) is 12.6. The Labute approximate surface area is 214 Å². The number of alkyl halides is 3. The smallest absolute Gasteiger partial charge is 0.361 e. The number of pyridine rings is 1. The van der Waals surface area contributed by atoms with E-state index in [0.29, 0.717) is 29.9 Å². The average Bonchev–Trinajstić information content (AvgIpc) is 2.90. The van der Waals surface area contributed by atoms with Gasteiger partial charge in [0.15, 0.2) is 5.82 Å². The van der Waals surface area contributed by atoms with Gasteiger partial charge in [-0.1, -0.05) is 39.5 Å². The second-order valence-corrected chi connectivity index (χ2v) is 9.44. The topological polar surface area (TPSA) is 58.6 Å². The molecule has 1 saturated heterocycles. The van der Waals surface area contributed by atoms with E-state index in [9.17, 15) is 18.0 Å². The largest absolute Gasteiger partial charge is 0.416 e. The van der Waals surface area contributed by atoms with Gasteiger partial charge in [-0.3, -0.25) is 9.47 Å². The van der Waals surface area contributed by atoms with E-state index in [4.69, 9.17) is 6.57 Å². The van der Waals surface area contributed by atoms with Crippen LogP contribution in [0.3, 0.4) is 0 Å². The minimum atomic E-state index is -4.37. The van der Waals surface area contributed by atoms with E-state index in [1.165, 1.54) is 4.57 Å². The zero-order valence-corrected chi connectivity index (χ0v) is 21.5. The van der Waals surface area contributed by atoms with Crippen LogP contribution in [0, 0.1) is 6.57 Å². The van der Waals surface area contributed by atoms with E-state index >= 15 is 0 Å². The molecule has 0 radical (unpaired) electrons. The lowest BCUT2D eigenvalue weighted by Crippen LogP contribution is -2.59. The monoisotopic (exact) mass is 512 g/mol. The number of piperazine rings is 1. The quantitative estimate of drug-likeness (QED) is 0.395. The molecule has 10 heteroatoms. The molecule has 0 aliphatic carbocycles. The van der Waals surface area contributed by atoms with Gasteiger partial charge < -0.3 is 9.74 Å². The molecule has 1 aliphatic heterocycles. The van der Waals surface area contributed by atoms with Crippen LogP contribution in [0.1, 0.15) is 57.2 Å². The predicted octanol–water partition coefficient (Wildman–Crippen LogP) is 5.73. The van der Waals surface area contributed by atoms with Gasteiger partial charge in [-0.15, -0.1) is 4.98 Å². The van der Waals surface area contributed by atoms with Gasteiger partial charge in [0.2, 0.25) is 5.52 Å². The Balaban J connectivity index is 1.73. The van der Waals surface area contributed by atoms with Gasteiger partial charge in [-0.25, -0.2) is 4.79 Å². The molecule has 0 bridgehead atoms. The maximum Gasteiger partial charge on any atom is 0.416 e. The van der Waals surface area contributed by atoms with Crippen molar-refractivity contribution in [2.75, 3.05) is 18.0 Å². The lowest BCUT2D eigenvalue weighted by molar-refractivity contribution is -0.137. The number of nitrogens with zero attached hydrogens (tertiary/aromatic N) is 6. The first kappa shape index (κ1) is 26.6. The van der Waals surface area contributed by atoms with E-state index < -0.39 is 11.7 Å². The molecule has 0 amide bonds. The highest BCUT2D eigenvalue weighted by molar-refractivity contribution is 5.87. The van der Waals surface area contributed by atoms with Crippen molar-refractivity contribution in [2.45, 2.75) is 64.3 Å². The molecule has 0 spiro atoms. The number of anilines is 1. The van der Waals surface area contributed by atoms with Crippen LogP contribution in [0.15, 0.2) is 41.2 Å². The van der Waals surface area contributed by atoms with E-state index in [-0.39, 0.29) is 29.6 Å². The SMILES string of the molecule is [C-]#[N+]c1ccc2c(n1)c(N1CC(CC)N(C(CC)c3ccc(C(F)(F)F)cc3)CC1CC)nc(=O)n2C. The molecule has 4 rings (SSSR count). The number of fused-ring (bicyclic) bond motifs is 1. The molecule has 3 atom stereocenters. The van der Waals surface area contributed by atoms with Crippen LogP contribution in [0.4, 0.5) is 24.8 Å². The summed E-state index contributed by atoms with van der Waals surface area (Å²) in [5.41, 5.74) is 0.958. The molecular weight excluding hydrogens is 481 g/mol. The molecule has 3 aromatic rings. The predicted molar refractivity (Wildman–Crippen MR) is 138 cm³/mol. The van der Waals surface area contributed by atoms with Crippen molar-refractivity contribution in [1.82, 2.24) is 19.4 Å². The number of rotatable bonds is 6. The first-order valence-electron chi connectivity index (χ1n) is 12.6. The molecule has 0 N–H and O–H groups in total. The molecule has 1 aliphatic rings. The summed E-state index contributed by atoms with van der Waals surface area (Å²) in [6, 6.07) is 8.86. The summed E-state index contributed by atoms with van der Waals surface area (Å²) in [4.78, 5) is 29.6. The van der Waals surface area contributed by atoms with E-state index in [0.717, 1.165) is 37.0 Å². The van der Waals surface area contributed by atoms with Gasteiger partial charge in [-0.2, -0.15) is 18.2 Å². The molecule has 1 fully saturated rings. The number of benzene rings is 1. The van der Waals surface area contributed by atoms with Crippen LogP contribution in [0.5, 0.6) is 0 Å². The van der Waals surface area contributed by atoms with Gasteiger partial charge in [0.05, 0.1) is 11.1 Å². The highest BCUT2D eigenvalue weighted by atomic mass is 19.4. The van der Waals surface area contributed by atoms with Crippen LogP contribution in [0.2, 0.25) is 0 Å². The zero-order chi connectivity index (χ0) is 26.9. The van der Waals surface area contributed by atoms with Crippen molar-refractivity contribution in [3.05, 3.63) is 69.4 Å². The number of hydrogen-bond donors (Lipinski definition) is 0. The van der Waals surface area contributed by atoms with Crippen molar-refractivity contribution >= 4 is 22.7 Å². The van der Waals surface area contributed by atoms with Gasteiger partial charge in [0.1, 0.15) is 0 Å². The van der Waals surface area contributed by atoms with Crippen LogP contribution in [-0.2, 0) is 13.2 Å². The number of halogens is 3. The van der Waals surface area contributed by atoms with E-state index in [1.807, 2.05) is 6.92 Å². The summed E-state index contributed by atoms with van der Waals surface area (Å²) in [6.07, 6.45) is -2.03. The molecule has 196 valence electrons. The fraction of sp³-hybridized carbons (Fsp3) is 0.481. The number of aryl methyl sites for hydroxylation is 1. The van der Waals surface area contributed by atoms with Gasteiger partial charge in [0.25, 0.3) is 5.82 Å². The summed E-state index contributed by atoms with van der Waals surface area (Å²) in [5, 5.41) is 0. The van der Waals surface area contributed by atoms with Gasteiger partial charge >= 0.3 is 11.9 Å². The molecular formula is C27H31F3N6O. The van der Waals surface area contributed by atoms with E-state index in [1.54, 1.807) is 31.3 Å². The van der Waals surface area contributed by atoms with Crippen LogP contribution in [-0.4, -0.2) is 44.6 Å². The molecule has 3 unspecified atom stereocenters. The Morgan fingerprint density at radius 1 is 1.03 bits per heavy atom. The zero-order valence-electron chi connectivity index (χ0n) is 21.5. The fourth-order valence-electron chi connectivity index (χ4n) is 5.34. The molecule has 2 aromatic heterocycles. The second-order valence-electron chi connectivity index (χ2n) is 9.44. The third-order valence-electron chi connectivity index (χ3n) is 7.40. The Morgan fingerprint density at radius 2 is 1.70 bits per heavy atom. The minimum Gasteiger partial charge on any atom is -0.361 e. The molecule has 0 saturated carbocycles. The summed E-state index contributed by atoms with van der Waals surface area (Å²) < 4.78 is 40.8. The second kappa shape index (κ2) is 10.5. The standard InChI is InChI=1S/C27H31F3N6O/c1-6-19-16-36(25-24-22(34(5)26(37)33-25)13-14-23(31-4)32-24)20(7-2)15-35(19)21(8-3)17-9-11-18(12-10-17)27(28,29)30/h9-14,19-21H,6-8,15-16H2,1-3,5H3. The maximum absolute atomic E-state index is 13.1.